The summed E-state index contributed by atoms with van der Waals surface area (Å²) in [5.74, 6) is -0.126. The third kappa shape index (κ3) is 5.08. The topological polar surface area (TPSA) is 53.1 Å². The molecule has 1 aromatic carbocycles. The predicted molar refractivity (Wildman–Crippen MR) is 104 cm³/mol. The number of likely N-dealkylation sites (tertiary alicyclic amines) is 1. The second-order valence-electron chi connectivity index (χ2n) is 7.74. The van der Waals surface area contributed by atoms with Gasteiger partial charge in [0.25, 0.3) is 0 Å². The van der Waals surface area contributed by atoms with Crippen LogP contribution in [0.3, 0.4) is 0 Å². The van der Waals surface area contributed by atoms with Gasteiger partial charge >= 0.3 is 0 Å². The number of hydrogen-bond acceptors (Lipinski definition) is 4. The summed E-state index contributed by atoms with van der Waals surface area (Å²) in [5.41, 5.74) is 0.899. The molecule has 2 aliphatic heterocycles. The van der Waals surface area contributed by atoms with Crippen LogP contribution >= 0.6 is 0 Å². The number of likely N-dealkylation sites (N-methyl/N-ethyl adjacent to an activating group) is 1. The molecule has 0 aliphatic carbocycles. The second-order valence-corrected chi connectivity index (χ2v) is 7.74. The van der Waals surface area contributed by atoms with Gasteiger partial charge in [-0.1, -0.05) is 12.1 Å². The highest BCUT2D eigenvalue weighted by molar-refractivity contribution is 5.80. The summed E-state index contributed by atoms with van der Waals surface area (Å²) in [4.78, 5) is 31.2. The lowest BCUT2D eigenvalue weighted by atomic mass is 9.96. The first-order valence-electron chi connectivity index (χ1n) is 10.1. The predicted octanol–water partition coefficient (Wildman–Crippen LogP) is 1.92. The van der Waals surface area contributed by atoms with Crippen molar-refractivity contribution in [2.45, 2.75) is 25.8 Å². The Hall–Kier alpha value is -1.99. The average Bonchev–Trinajstić information content (AvgIpc) is 2.73. The number of halogens is 1. The van der Waals surface area contributed by atoms with E-state index in [2.05, 4.69) is 4.90 Å². The normalized spacial score (nSPS) is 22.0. The fraction of sp³-hybridized carbons (Fsp3) is 0.619. The lowest BCUT2D eigenvalue weighted by Gasteiger charge is -2.36. The summed E-state index contributed by atoms with van der Waals surface area (Å²) in [6.07, 6.45) is 1.80. The Balaban J connectivity index is 1.54. The van der Waals surface area contributed by atoms with E-state index in [0.717, 1.165) is 24.9 Å². The highest BCUT2D eigenvalue weighted by Gasteiger charge is 2.31. The molecule has 2 amide bonds. The van der Waals surface area contributed by atoms with Crippen molar-refractivity contribution in [2.24, 2.45) is 5.92 Å². The quantitative estimate of drug-likeness (QED) is 0.770. The lowest BCUT2D eigenvalue weighted by Crippen LogP contribution is -2.50. The molecule has 2 fully saturated rings. The van der Waals surface area contributed by atoms with E-state index in [1.165, 1.54) is 12.1 Å². The minimum absolute atomic E-state index is 0.0105. The average molecular weight is 391 g/mol. The molecule has 0 bridgehead atoms. The molecule has 2 heterocycles. The van der Waals surface area contributed by atoms with Crippen molar-refractivity contribution in [3.05, 3.63) is 35.6 Å². The fourth-order valence-electron chi connectivity index (χ4n) is 3.93. The Morgan fingerprint density at radius 1 is 1.21 bits per heavy atom. The first-order chi connectivity index (χ1) is 13.5. The van der Waals surface area contributed by atoms with Gasteiger partial charge in [-0.15, -0.1) is 0 Å². The van der Waals surface area contributed by atoms with Crippen molar-refractivity contribution in [3.63, 3.8) is 0 Å². The van der Waals surface area contributed by atoms with Crippen LogP contribution in [0.1, 0.15) is 31.4 Å². The van der Waals surface area contributed by atoms with Crippen LogP contribution in [0.25, 0.3) is 0 Å². The minimum Gasteiger partial charge on any atom is -0.378 e. The molecule has 2 unspecified atom stereocenters. The standard InChI is InChI=1S/C21H30FN3O3/c1-16(17-5-7-19(22)8-6-17)23(2)20(26)15-24-9-3-4-18(14-24)21(27)25-10-12-28-13-11-25/h5-8,16,18H,3-4,9-15H2,1-2H3. The lowest BCUT2D eigenvalue weighted by molar-refractivity contribution is -0.143. The molecule has 0 spiro atoms. The Morgan fingerprint density at radius 2 is 1.89 bits per heavy atom. The molecule has 2 aliphatic rings. The first-order valence-corrected chi connectivity index (χ1v) is 10.1. The molecule has 1 aromatic rings. The van der Waals surface area contributed by atoms with Gasteiger partial charge in [0.15, 0.2) is 0 Å². The number of hydrogen-bond donors (Lipinski definition) is 0. The summed E-state index contributed by atoms with van der Waals surface area (Å²) in [5, 5.41) is 0. The molecule has 154 valence electrons. The zero-order valence-corrected chi connectivity index (χ0v) is 16.8. The molecule has 6 nitrogen and oxygen atoms in total. The van der Waals surface area contributed by atoms with E-state index in [1.807, 2.05) is 11.8 Å². The number of carbonyl (C=O) groups is 2. The van der Waals surface area contributed by atoms with Crippen LogP contribution in [-0.4, -0.2) is 79.5 Å². The molecule has 3 rings (SSSR count). The van der Waals surface area contributed by atoms with Crippen LogP contribution in [-0.2, 0) is 14.3 Å². The van der Waals surface area contributed by atoms with Crippen LogP contribution in [0.15, 0.2) is 24.3 Å². The third-order valence-corrected chi connectivity index (χ3v) is 5.86. The van der Waals surface area contributed by atoms with Gasteiger partial charge in [0.1, 0.15) is 5.82 Å². The molecule has 28 heavy (non-hydrogen) atoms. The smallest absolute Gasteiger partial charge is 0.236 e. The van der Waals surface area contributed by atoms with E-state index in [-0.39, 0.29) is 29.6 Å². The number of amides is 2. The Kier molecular flexibility index (Phi) is 7.02. The SMILES string of the molecule is CC(c1ccc(F)cc1)N(C)C(=O)CN1CCCC(C(=O)N2CCOCC2)C1. The van der Waals surface area contributed by atoms with E-state index in [1.54, 1.807) is 24.1 Å². The summed E-state index contributed by atoms with van der Waals surface area (Å²) in [7, 11) is 1.77. The van der Waals surface area contributed by atoms with E-state index in [4.69, 9.17) is 4.74 Å². The Bertz CT molecular complexity index is 676. The number of carbonyl (C=O) groups excluding carboxylic acids is 2. The monoisotopic (exact) mass is 391 g/mol. The Morgan fingerprint density at radius 3 is 2.57 bits per heavy atom. The maximum atomic E-state index is 13.1. The van der Waals surface area contributed by atoms with Gasteiger partial charge in [-0.25, -0.2) is 4.39 Å². The number of benzene rings is 1. The molecule has 7 heteroatoms. The van der Waals surface area contributed by atoms with Gasteiger partial charge in [0, 0.05) is 26.7 Å². The van der Waals surface area contributed by atoms with Gasteiger partial charge in [-0.2, -0.15) is 0 Å². The van der Waals surface area contributed by atoms with E-state index in [9.17, 15) is 14.0 Å². The molecule has 0 saturated carbocycles. The number of ether oxygens (including phenoxy) is 1. The van der Waals surface area contributed by atoms with Crippen molar-refractivity contribution in [1.29, 1.82) is 0 Å². The summed E-state index contributed by atoms with van der Waals surface area (Å²) < 4.78 is 18.5. The number of nitrogens with zero attached hydrogens (tertiary/aromatic N) is 3. The van der Waals surface area contributed by atoms with Crippen LogP contribution < -0.4 is 0 Å². The molecule has 0 aromatic heterocycles. The van der Waals surface area contributed by atoms with Crippen molar-refractivity contribution in [3.8, 4) is 0 Å². The minimum atomic E-state index is -0.283. The van der Waals surface area contributed by atoms with Crippen molar-refractivity contribution >= 4 is 11.8 Å². The number of morpholine rings is 1. The van der Waals surface area contributed by atoms with Crippen LogP contribution in [0.4, 0.5) is 4.39 Å². The van der Waals surface area contributed by atoms with Crippen molar-refractivity contribution in [1.82, 2.24) is 14.7 Å². The maximum absolute atomic E-state index is 13.1. The number of piperidine rings is 1. The number of rotatable bonds is 5. The largest absolute Gasteiger partial charge is 0.378 e. The molecular formula is C21H30FN3O3. The second kappa shape index (κ2) is 9.47. The summed E-state index contributed by atoms with van der Waals surface area (Å²) in [6, 6.07) is 6.11. The van der Waals surface area contributed by atoms with E-state index < -0.39 is 0 Å². The first kappa shape index (κ1) is 20.7. The van der Waals surface area contributed by atoms with Crippen LogP contribution in [0, 0.1) is 11.7 Å². The summed E-state index contributed by atoms with van der Waals surface area (Å²) in [6.45, 7) is 6.22. The van der Waals surface area contributed by atoms with Crippen LogP contribution in [0.5, 0.6) is 0 Å². The molecular weight excluding hydrogens is 361 g/mol. The third-order valence-electron chi connectivity index (χ3n) is 5.86. The highest BCUT2D eigenvalue weighted by Crippen LogP contribution is 2.22. The highest BCUT2D eigenvalue weighted by atomic mass is 19.1. The maximum Gasteiger partial charge on any atom is 0.236 e. The van der Waals surface area contributed by atoms with Gasteiger partial charge < -0.3 is 14.5 Å². The summed E-state index contributed by atoms with van der Waals surface area (Å²) >= 11 is 0. The van der Waals surface area contributed by atoms with Crippen LogP contribution in [0.2, 0.25) is 0 Å². The van der Waals surface area contributed by atoms with Crippen molar-refractivity contribution < 1.29 is 18.7 Å². The fourth-order valence-corrected chi connectivity index (χ4v) is 3.93. The molecule has 2 saturated heterocycles. The van der Waals surface area contributed by atoms with E-state index >= 15 is 0 Å². The molecule has 0 N–H and O–H groups in total. The zero-order chi connectivity index (χ0) is 20.1. The molecule has 0 radical (unpaired) electrons. The Labute approximate surface area is 166 Å². The van der Waals surface area contributed by atoms with Crippen molar-refractivity contribution in [2.75, 3.05) is 53.0 Å². The van der Waals surface area contributed by atoms with Gasteiger partial charge in [-0.05, 0) is 44.0 Å². The molecule has 2 atom stereocenters. The van der Waals surface area contributed by atoms with Gasteiger partial charge in [0.2, 0.25) is 11.8 Å². The van der Waals surface area contributed by atoms with Gasteiger partial charge in [-0.3, -0.25) is 14.5 Å². The van der Waals surface area contributed by atoms with Gasteiger partial charge in [0.05, 0.1) is 31.7 Å². The van der Waals surface area contributed by atoms with E-state index in [0.29, 0.717) is 39.4 Å². The zero-order valence-electron chi connectivity index (χ0n) is 16.8.